The van der Waals surface area contributed by atoms with E-state index in [4.69, 9.17) is 15.0 Å². The second-order valence-electron chi connectivity index (χ2n) is 4.49. The van der Waals surface area contributed by atoms with E-state index in [2.05, 4.69) is 0 Å². The molecule has 1 aromatic rings. The van der Waals surface area contributed by atoms with Crippen LogP contribution in [0.4, 0.5) is 0 Å². The summed E-state index contributed by atoms with van der Waals surface area (Å²) in [6, 6.07) is 8.78. The van der Waals surface area contributed by atoms with Gasteiger partial charge < -0.3 is 10.5 Å². The van der Waals surface area contributed by atoms with Crippen LogP contribution in [0.3, 0.4) is 0 Å². The van der Waals surface area contributed by atoms with Gasteiger partial charge in [0.25, 0.3) is 10.1 Å². The molecular formula is C13H17NO6S. The summed E-state index contributed by atoms with van der Waals surface area (Å²) >= 11 is 0. The van der Waals surface area contributed by atoms with E-state index in [0.717, 1.165) is 5.56 Å². The minimum atomic E-state index is -4.40. The van der Waals surface area contributed by atoms with Crippen molar-refractivity contribution in [2.45, 2.75) is 13.0 Å². The Morgan fingerprint density at radius 3 is 2.38 bits per heavy atom. The van der Waals surface area contributed by atoms with E-state index in [1.165, 1.54) is 0 Å². The van der Waals surface area contributed by atoms with Crippen molar-refractivity contribution in [2.75, 3.05) is 12.3 Å². The van der Waals surface area contributed by atoms with Gasteiger partial charge in [-0.05, 0) is 5.56 Å². The van der Waals surface area contributed by atoms with E-state index < -0.39 is 33.5 Å². The van der Waals surface area contributed by atoms with Crippen LogP contribution in [-0.4, -0.2) is 37.0 Å². The molecule has 7 nitrogen and oxygen atoms in total. The second kappa shape index (κ2) is 7.87. The summed E-state index contributed by atoms with van der Waals surface area (Å²) in [7, 11) is -4.40. The smallest absolute Gasteiger partial charge is 0.310 e. The normalized spacial score (nSPS) is 12.7. The number of esters is 1. The predicted octanol–water partition coefficient (Wildman–Crippen LogP) is 0.152. The van der Waals surface area contributed by atoms with Crippen molar-refractivity contribution >= 4 is 21.9 Å². The molecule has 0 spiro atoms. The van der Waals surface area contributed by atoms with Gasteiger partial charge in [0.15, 0.2) is 0 Å². The van der Waals surface area contributed by atoms with Gasteiger partial charge in [-0.2, -0.15) is 8.42 Å². The molecule has 0 aliphatic carbocycles. The molecule has 0 fully saturated rings. The van der Waals surface area contributed by atoms with Gasteiger partial charge >= 0.3 is 5.97 Å². The summed E-state index contributed by atoms with van der Waals surface area (Å²) in [6.45, 7) is -0.355. The van der Waals surface area contributed by atoms with Gasteiger partial charge in [0.1, 0.15) is 12.4 Å². The highest BCUT2D eigenvalue weighted by Gasteiger charge is 2.27. The van der Waals surface area contributed by atoms with Crippen LogP contribution in [0, 0.1) is 5.92 Å². The molecule has 21 heavy (non-hydrogen) atoms. The van der Waals surface area contributed by atoms with E-state index in [1.54, 1.807) is 30.3 Å². The first kappa shape index (κ1) is 17.3. The number of Topliss-reactive ketones (excluding diaryl/α,β-unsaturated/α-hetero) is 1. The number of carbonyl (C=O) groups is 2. The van der Waals surface area contributed by atoms with Crippen LogP contribution in [0.5, 0.6) is 0 Å². The number of ether oxygens (including phenoxy) is 1. The summed E-state index contributed by atoms with van der Waals surface area (Å²) in [4.78, 5) is 23.1. The molecule has 1 atom stereocenters. The van der Waals surface area contributed by atoms with E-state index in [0.29, 0.717) is 0 Å². The Hall–Kier alpha value is -1.77. The van der Waals surface area contributed by atoms with Crippen LogP contribution in [-0.2, 0) is 31.1 Å². The largest absolute Gasteiger partial charge is 0.461 e. The maximum Gasteiger partial charge on any atom is 0.310 e. The SMILES string of the molecule is NCC(=O)CC(CS(=O)(=O)O)C(=O)OCc1ccccc1. The van der Waals surface area contributed by atoms with Crippen LogP contribution < -0.4 is 5.73 Å². The maximum atomic E-state index is 11.9. The quantitative estimate of drug-likeness (QED) is 0.517. The van der Waals surface area contributed by atoms with Crippen LogP contribution in [0.2, 0.25) is 0 Å². The van der Waals surface area contributed by atoms with Crippen molar-refractivity contribution in [3.05, 3.63) is 35.9 Å². The Morgan fingerprint density at radius 1 is 1.24 bits per heavy atom. The van der Waals surface area contributed by atoms with Crippen LogP contribution in [0.25, 0.3) is 0 Å². The average molecular weight is 315 g/mol. The zero-order valence-electron chi connectivity index (χ0n) is 11.3. The fourth-order valence-electron chi connectivity index (χ4n) is 1.67. The highest BCUT2D eigenvalue weighted by atomic mass is 32.2. The molecule has 8 heteroatoms. The monoisotopic (exact) mass is 315 g/mol. The minimum Gasteiger partial charge on any atom is -0.461 e. The van der Waals surface area contributed by atoms with E-state index in [1.807, 2.05) is 0 Å². The van der Waals surface area contributed by atoms with Gasteiger partial charge in [-0.25, -0.2) is 0 Å². The highest BCUT2D eigenvalue weighted by molar-refractivity contribution is 7.85. The molecule has 0 amide bonds. The van der Waals surface area contributed by atoms with Gasteiger partial charge in [-0.15, -0.1) is 0 Å². The molecule has 116 valence electrons. The lowest BCUT2D eigenvalue weighted by Gasteiger charge is -2.13. The fourth-order valence-corrected chi connectivity index (χ4v) is 2.43. The average Bonchev–Trinajstić information content (AvgIpc) is 2.43. The third-order valence-electron chi connectivity index (χ3n) is 2.67. The number of nitrogens with two attached hydrogens (primary N) is 1. The lowest BCUT2D eigenvalue weighted by molar-refractivity contribution is -0.150. The lowest BCUT2D eigenvalue weighted by Crippen LogP contribution is -2.30. The number of rotatable bonds is 8. The number of ketones is 1. The minimum absolute atomic E-state index is 0.0432. The summed E-state index contributed by atoms with van der Waals surface area (Å²) in [5, 5.41) is 0. The van der Waals surface area contributed by atoms with E-state index in [9.17, 15) is 18.0 Å². The Bertz CT molecular complexity index is 584. The summed E-state index contributed by atoms with van der Waals surface area (Å²) in [5.74, 6) is -3.48. The first-order valence-corrected chi connectivity index (χ1v) is 7.80. The molecular weight excluding hydrogens is 298 g/mol. The Morgan fingerprint density at radius 2 is 1.86 bits per heavy atom. The fraction of sp³-hybridized carbons (Fsp3) is 0.385. The number of hydrogen-bond acceptors (Lipinski definition) is 6. The molecule has 1 aromatic carbocycles. The maximum absolute atomic E-state index is 11.9. The van der Waals surface area contributed by atoms with Gasteiger partial charge in [0.05, 0.1) is 18.2 Å². The van der Waals surface area contributed by atoms with Gasteiger partial charge in [-0.3, -0.25) is 14.1 Å². The van der Waals surface area contributed by atoms with Crippen LogP contribution in [0.1, 0.15) is 12.0 Å². The molecule has 0 aromatic heterocycles. The zero-order chi connectivity index (χ0) is 15.9. The van der Waals surface area contributed by atoms with E-state index in [-0.39, 0.29) is 19.6 Å². The lowest BCUT2D eigenvalue weighted by atomic mass is 10.1. The summed E-state index contributed by atoms with van der Waals surface area (Å²) < 4.78 is 35.6. The molecule has 0 aliphatic rings. The zero-order valence-corrected chi connectivity index (χ0v) is 12.1. The molecule has 0 bridgehead atoms. The van der Waals surface area contributed by atoms with Crippen molar-refractivity contribution < 1.29 is 27.3 Å². The molecule has 0 saturated carbocycles. The van der Waals surface area contributed by atoms with Crippen molar-refractivity contribution in [3.63, 3.8) is 0 Å². The van der Waals surface area contributed by atoms with Gasteiger partial charge in [-0.1, -0.05) is 30.3 Å². The van der Waals surface area contributed by atoms with Crippen molar-refractivity contribution in [1.82, 2.24) is 0 Å². The topological polar surface area (TPSA) is 124 Å². The van der Waals surface area contributed by atoms with E-state index >= 15 is 0 Å². The standard InChI is InChI=1S/C13H17NO6S/c14-7-12(15)6-11(9-21(17,18)19)13(16)20-8-10-4-2-1-3-5-10/h1-5,11H,6-9,14H2,(H,17,18,19). The highest BCUT2D eigenvalue weighted by Crippen LogP contribution is 2.12. The molecule has 0 radical (unpaired) electrons. The Kier molecular flexibility index (Phi) is 6.47. The summed E-state index contributed by atoms with van der Waals surface area (Å²) in [6.07, 6.45) is -0.385. The number of hydrogen-bond donors (Lipinski definition) is 2. The van der Waals surface area contributed by atoms with Gasteiger partial charge in [0, 0.05) is 6.42 Å². The molecule has 1 unspecified atom stereocenters. The molecule has 0 heterocycles. The third-order valence-corrected chi connectivity index (χ3v) is 3.49. The first-order chi connectivity index (χ1) is 9.81. The van der Waals surface area contributed by atoms with Crippen LogP contribution in [0.15, 0.2) is 30.3 Å². The Labute approximate surface area is 122 Å². The predicted molar refractivity (Wildman–Crippen MR) is 74.8 cm³/mol. The second-order valence-corrected chi connectivity index (χ2v) is 5.98. The first-order valence-electron chi connectivity index (χ1n) is 6.19. The van der Waals surface area contributed by atoms with Crippen molar-refractivity contribution in [3.8, 4) is 0 Å². The number of carbonyl (C=O) groups excluding carboxylic acids is 2. The number of benzene rings is 1. The van der Waals surface area contributed by atoms with Crippen molar-refractivity contribution in [1.29, 1.82) is 0 Å². The Balaban J connectivity index is 2.68. The van der Waals surface area contributed by atoms with Crippen LogP contribution >= 0.6 is 0 Å². The molecule has 0 aliphatic heterocycles. The van der Waals surface area contributed by atoms with Crippen molar-refractivity contribution in [2.24, 2.45) is 11.7 Å². The molecule has 3 N–H and O–H groups in total. The molecule has 1 rings (SSSR count). The van der Waals surface area contributed by atoms with Gasteiger partial charge in [0.2, 0.25) is 0 Å². The third kappa shape index (κ3) is 6.98. The summed E-state index contributed by atoms with van der Waals surface area (Å²) in [5.41, 5.74) is 5.86. The molecule has 0 saturated heterocycles.